The number of halogens is 3. The summed E-state index contributed by atoms with van der Waals surface area (Å²) in [5.74, 6) is -1.37. The summed E-state index contributed by atoms with van der Waals surface area (Å²) in [6.07, 6.45) is 1.20. The first-order valence-corrected chi connectivity index (χ1v) is 15.6. The van der Waals surface area contributed by atoms with Crippen molar-refractivity contribution in [2.75, 3.05) is 5.32 Å². The molecule has 1 aromatic heterocycles. The molecule has 0 radical (unpaired) electrons. The lowest BCUT2D eigenvalue weighted by Gasteiger charge is -2.22. The molecule has 13 heteroatoms. The van der Waals surface area contributed by atoms with Gasteiger partial charge in [0.1, 0.15) is 11.5 Å². The largest absolute Gasteiger partial charge is 0.459 e. The number of sulfonamides is 1. The van der Waals surface area contributed by atoms with Gasteiger partial charge in [-0.15, -0.1) is 0 Å². The van der Waals surface area contributed by atoms with Gasteiger partial charge in [-0.25, -0.2) is 13.8 Å². The number of nitrogens with one attached hydrogen (secondary N) is 2. The van der Waals surface area contributed by atoms with Crippen molar-refractivity contribution in [2.24, 2.45) is 5.10 Å². The van der Waals surface area contributed by atoms with E-state index in [1.165, 1.54) is 34.8 Å². The van der Waals surface area contributed by atoms with E-state index in [1.54, 1.807) is 42.5 Å². The third-order valence-electron chi connectivity index (χ3n) is 6.41. The minimum atomic E-state index is -4.00. The molecule has 0 saturated heterocycles. The number of amides is 2. The molecule has 9 nitrogen and oxygen atoms in total. The molecule has 0 fully saturated rings. The average molecular weight is 670 g/mol. The molecule has 2 N–H and O–H groups in total. The zero-order valence-electron chi connectivity index (χ0n) is 22.7. The van der Waals surface area contributed by atoms with Crippen LogP contribution in [0.5, 0.6) is 0 Å². The number of anilines is 1. The van der Waals surface area contributed by atoms with E-state index in [1.807, 2.05) is 30.3 Å². The minimum absolute atomic E-state index is 0.0339. The van der Waals surface area contributed by atoms with E-state index in [4.69, 9.17) is 39.2 Å². The fourth-order valence-corrected chi connectivity index (χ4v) is 6.11. The van der Waals surface area contributed by atoms with Gasteiger partial charge in [0.15, 0.2) is 0 Å². The Morgan fingerprint density at radius 2 is 1.57 bits per heavy atom. The van der Waals surface area contributed by atoms with Crippen molar-refractivity contribution in [3.05, 3.63) is 129 Å². The van der Waals surface area contributed by atoms with Crippen molar-refractivity contribution in [1.82, 2.24) is 9.73 Å². The molecule has 0 aliphatic heterocycles. The van der Waals surface area contributed by atoms with Crippen LogP contribution in [0.25, 0.3) is 10.8 Å². The lowest BCUT2D eigenvalue weighted by Crippen LogP contribution is -2.32. The van der Waals surface area contributed by atoms with Gasteiger partial charge in [-0.1, -0.05) is 77.3 Å². The molecule has 1 heterocycles. The highest BCUT2D eigenvalue weighted by molar-refractivity contribution is 7.89. The van der Waals surface area contributed by atoms with E-state index in [2.05, 4.69) is 15.8 Å². The van der Waals surface area contributed by atoms with Crippen molar-refractivity contribution in [1.29, 1.82) is 0 Å². The highest BCUT2D eigenvalue weighted by Gasteiger charge is 2.26. The molecule has 2 amide bonds. The number of hydrazone groups is 1. The van der Waals surface area contributed by atoms with Gasteiger partial charge in [-0.3, -0.25) is 9.59 Å². The smallest absolute Gasteiger partial charge is 0.329 e. The van der Waals surface area contributed by atoms with Crippen LogP contribution in [0.2, 0.25) is 15.1 Å². The van der Waals surface area contributed by atoms with Gasteiger partial charge >= 0.3 is 11.8 Å². The van der Waals surface area contributed by atoms with E-state index in [-0.39, 0.29) is 28.8 Å². The highest BCUT2D eigenvalue weighted by Crippen LogP contribution is 2.27. The third-order valence-corrected chi connectivity index (χ3v) is 9.21. The normalized spacial score (nSPS) is 11.7. The molecule has 44 heavy (non-hydrogen) atoms. The summed E-state index contributed by atoms with van der Waals surface area (Å²) in [6.45, 7) is -0.174. The fourth-order valence-electron chi connectivity index (χ4n) is 4.26. The first-order chi connectivity index (χ1) is 21.1. The lowest BCUT2D eigenvalue weighted by molar-refractivity contribution is -0.136. The monoisotopic (exact) mass is 668 g/mol. The molecule has 5 rings (SSSR count). The van der Waals surface area contributed by atoms with Crippen LogP contribution in [0, 0.1) is 0 Å². The summed E-state index contributed by atoms with van der Waals surface area (Å²) in [6, 6.07) is 26.6. The second kappa shape index (κ2) is 13.6. The standard InChI is InChI=1S/C31H23Cl3N4O5S/c32-22-9-13-25(14-10-22)44(41,42)38(18-20-8-15-27(33)28(34)16-20)19-24-12-11-23(43-24)17-35-37-31(40)30(39)36-29-7-3-5-21-4-1-2-6-26(21)29/h1-17H,18-19H2,(H,36,39)(H,37,40)/b35-17+. The topological polar surface area (TPSA) is 121 Å². The maximum absolute atomic E-state index is 13.6. The van der Waals surface area contributed by atoms with Gasteiger partial charge in [0.25, 0.3) is 0 Å². The van der Waals surface area contributed by atoms with E-state index in [0.29, 0.717) is 27.1 Å². The Bertz CT molecular complexity index is 1970. The Kier molecular flexibility index (Phi) is 9.68. The number of rotatable bonds is 9. The quantitative estimate of drug-likeness (QED) is 0.101. The van der Waals surface area contributed by atoms with Gasteiger partial charge in [-0.05, 0) is 65.5 Å². The number of furan rings is 1. The molecule has 0 aliphatic rings. The van der Waals surface area contributed by atoms with Crippen molar-refractivity contribution in [3.63, 3.8) is 0 Å². The maximum atomic E-state index is 13.6. The summed E-state index contributed by atoms with van der Waals surface area (Å²) >= 11 is 18.2. The highest BCUT2D eigenvalue weighted by atomic mass is 35.5. The van der Waals surface area contributed by atoms with Crippen LogP contribution in [0.4, 0.5) is 5.69 Å². The summed E-state index contributed by atoms with van der Waals surface area (Å²) in [5, 5.41) is 9.11. The molecule has 0 bridgehead atoms. The Balaban J connectivity index is 1.27. The number of nitrogens with zero attached hydrogens (tertiary/aromatic N) is 2. The van der Waals surface area contributed by atoms with Crippen LogP contribution in [0.3, 0.4) is 0 Å². The summed E-state index contributed by atoms with van der Waals surface area (Å²) < 4.78 is 34.2. The number of hydrogen-bond donors (Lipinski definition) is 2. The zero-order valence-corrected chi connectivity index (χ0v) is 25.8. The first kappa shape index (κ1) is 31.2. The molecular weight excluding hydrogens is 647 g/mol. The van der Waals surface area contributed by atoms with Crippen molar-refractivity contribution in [2.45, 2.75) is 18.0 Å². The Labute approximate surface area is 268 Å². The molecule has 0 atom stereocenters. The van der Waals surface area contributed by atoms with Crippen molar-refractivity contribution >= 4 is 79.3 Å². The molecule has 4 aromatic carbocycles. The Hall–Kier alpha value is -4.19. The molecule has 0 saturated carbocycles. The summed E-state index contributed by atoms with van der Waals surface area (Å²) in [5.41, 5.74) is 3.25. The lowest BCUT2D eigenvalue weighted by atomic mass is 10.1. The van der Waals surface area contributed by atoms with Crippen LogP contribution < -0.4 is 10.7 Å². The minimum Gasteiger partial charge on any atom is -0.459 e. The summed E-state index contributed by atoms with van der Waals surface area (Å²) in [4.78, 5) is 24.8. The van der Waals surface area contributed by atoms with Crippen LogP contribution in [0.15, 0.2) is 111 Å². The molecule has 5 aromatic rings. The van der Waals surface area contributed by atoms with Crippen LogP contribution in [-0.2, 0) is 32.7 Å². The van der Waals surface area contributed by atoms with Gasteiger partial charge < -0.3 is 9.73 Å². The zero-order chi connectivity index (χ0) is 31.3. The first-order valence-electron chi connectivity index (χ1n) is 13.0. The second-order valence-corrected chi connectivity index (χ2v) is 12.6. The number of carbonyl (C=O) groups is 2. The van der Waals surface area contributed by atoms with Gasteiger partial charge in [0.05, 0.1) is 27.7 Å². The van der Waals surface area contributed by atoms with E-state index in [9.17, 15) is 18.0 Å². The van der Waals surface area contributed by atoms with Crippen LogP contribution >= 0.6 is 34.8 Å². The number of carbonyl (C=O) groups excluding carboxylic acids is 2. The second-order valence-electron chi connectivity index (χ2n) is 9.46. The predicted octanol–water partition coefficient (Wildman–Crippen LogP) is 6.87. The van der Waals surface area contributed by atoms with E-state index >= 15 is 0 Å². The van der Waals surface area contributed by atoms with E-state index < -0.39 is 21.8 Å². The predicted molar refractivity (Wildman–Crippen MR) is 171 cm³/mol. The maximum Gasteiger partial charge on any atom is 0.329 e. The van der Waals surface area contributed by atoms with Crippen molar-refractivity contribution < 1.29 is 22.4 Å². The third kappa shape index (κ3) is 7.47. The van der Waals surface area contributed by atoms with Crippen molar-refractivity contribution in [3.8, 4) is 0 Å². The van der Waals surface area contributed by atoms with Crippen LogP contribution in [-0.4, -0.2) is 30.8 Å². The number of benzene rings is 4. The van der Waals surface area contributed by atoms with Gasteiger partial charge in [0, 0.05) is 22.6 Å². The average Bonchev–Trinajstić information content (AvgIpc) is 3.46. The molecule has 224 valence electrons. The summed E-state index contributed by atoms with van der Waals surface area (Å²) in [7, 11) is -4.00. The number of hydrogen-bond acceptors (Lipinski definition) is 6. The molecular formula is C31H23Cl3N4O5S. The fraction of sp³-hybridized carbons (Fsp3) is 0.0645. The Morgan fingerprint density at radius 3 is 2.34 bits per heavy atom. The molecule has 0 spiro atoms. The van der Waals surface area contributed by atoms with Gasteiger partial charge in [0.2, 0.25) is 10.0 Å². The van der Waals surface area contributed by atoms with Gasteiger partial charge in [-0.2, -0.15) is 9.41 Å². The Morgan fingerprint density at radius 1 is 0.818 bits per heavy atom. The van der Waals surface area contributed by atoms with E-state index in [0.717, 1.165) is 10.8 Å². The molecule has 0 unspecified atom stereocenters. The SMILES string of the molecule is O=C(N/N=C/c1ccc(CN(Cc2ccc(Cl)c(Cl)c2)S(=O)(=O)c2ccc(Cl)cc2)o1)C(=O)Nc1cccc2ccccc12. The molecule has 0 aliphatic carbocycles. The van der Waals surface area contributed by atoms with Crippen LogP contribution in [0.1, 0.15) is 17.1 Å². The number of fused-ring (bicyclic) bond motifs is 1.